The number of esters is 1. The predicted octanol–water partition coefficient (Wildman–Crippen LogP) is 1.58. The number of fused-ring (bicyclic) bond motifs is 1. The van der Waals surface area contributed by atoms with E-state index < -0.39 is 0 Å². The predicted molar refractivity (Wildman–Crippen MR) is 45.2 cm³/mol. The molecule has 0 N–H and O–H groups in total. The summed E-state index contributed by atoms with van der Waals surface area (Å²) in [5.41, 5.74) is 1.24. The summed E-state index contributed by atoms with van der Waals surface area (Å²) >= 11 is 0. The SMILES string of the molecule is CC1C(=O)Oc2cccc(C#N)c21. The first-order chi connectivity index (χ1) is 6.24. The average molecular weight is 173 g/mol. The highest BCUT2D eigenvalue weighted by Gasteiger charge is 2.31. The molecule has 3 heteroatoms. The van der Waals surface area contributed by atoms with Crippen molar-refractivity contribution in [3.8, 4) is 11.8 Å². The van der Waals surface area contributed by atoms with E-state index in [1.807, 2.05) is 6.07 Å². The molecule has 0 spiro atoms. The summed E-state index contributed by atoms with van der Waals surface area (Å²) in [7, 11) is 0. The molecule has 1 aliphatic rings. The first kappa shape index (κ1) is 7.81. The average Bonchev–Trinajstić information content (AvgIpc) is 2.43. The van der Waals surface area contributed by atoms with Crippen LogP contribution in [-0.4, -0.2) is 5.97 Å². The number of nitrogens with zero attached hydrogens (tertiary/aromatic N) is 1. The first-order valence-electron chi connectivity index (χ1n) is 3.98. The summed E-state index contributed by atoms with van der Waals surface area (Å²) in [6, 6.07) is 7.15. The Balaban J connectivity index is 2.66. The summed E-state index contributed by atoms with van der Waals surface area (Å²) in [5, 5.41) is 8.79. The van der Waals surface area contributed by atoms with Crippen LogP contribution < -0.4 is 4.74 Å². The van der Waals surface area contributed by atoms with Crippen molar-refractivity contribution in [3.63, 3.8) is 0 Å². The number of benzene rings is 1. The fraction of sp³-hybridized carbons (Fsp3) is 0.200. The van der Waals surface area contributed by atoms with Gasteiger partial charge in [0.15, 0.2) is 0 Å². The van der Waals surface area contributed by atoms with Gasteiger partial charge in [0.25, 0.3) is 0 Å². The zero-order chi connectivity index (χ0) is 9.42. The van der Waals surface area contributed by atoms with E-state index in [9.17, 15) is 4.79 Å². The molecule has 0 aliphatic carbocycles. The standard InChI is InChI=1S/C10H7NO2/c1-6-9-7(5-11)3-2-4-8(9)13-10(6)12/h2-4,6H,1H3. The van der Waals surface area contributed by atoms with Gasteiger partial charge in [-0.25, -0.2) is 0 Å². The second kappa shape index (κ2) is 2.60. The Morgan fingerprint density at radius 1 is 1.54 bits per heavy atom. The second-order valence-electron chi connectivity index (χ2n) is 2.97. The number of ether oxygens (including phenoxy) is 1. The normalized spacial score (nSPS) is 19.1. The molecule has 3 nitrogen and oxygen atoms in total. The molecule has 1 aromatic carbocycles. The van der Waals surface area contributed by atoms with Crippen molar-refractivity contribution < 1.29 is 9.53 Å². The van der Waals surface area contributed by atoms with Crippen LogP contribution in [0.1, 0.15) is 24.0 Å². The molecule has 0 aromatic heterocycles. The van der Waals surface area contributed by atoms with Gasteiger partial charge in [0.1, 0.15) is 5.75 Å². The molecular formula is C10H7NO2. The monoisotopic (exact) mass is 173 g/mol. The highest BCUT2D eigenvalue weighted by atomic mass is 16.5. The zero-order valence-electron chi connectivity index (χ0n) is 7.07. The van der Waals surface area contributed by atoms with Crippen molar-refractivity contribution in [1.82, 2.24) is 0 Å². The van der Waals surface area contributed by atoms with Crippen LogP contribution in [0, 0.1) is 11.3 Å². The molecule has 0 saturated heterocycles. The lowest BCUT2D eigenvalue weighted by molar-refractivity contribution is -0.133. The van der Waals surface area contributed by atoms with Gasteiger partial charge in [-0.05, 0) is 19.1 Å². The van der Waals surface area contributed by atoms with Gasteiger partial charge in [-0.2, -0.15) is 5.26 Å². The van der Waals surface area contributed by atoms with Crippen LogP contribution in [0.4, 0.5) is 0 Å². The summed E-state index contributed by atoms with van der Waals surface area (Å²) in [6.07, 6.45) is 0. The van der Waals surface area contributed by atoms with E-state index >= 15 is 0 Å². The van der Waals surface area contributed by atoms with Crippen molar-refractivity contribution in [2.75, 3.05) is 0 Å². The Labute approximate surface area is 75.6 Å². The lowest BCUT2D eigenvalue weighted by Crippen LogP contribution is -2.06. The van der Waals surface area contributed by atoms with Crippen LogP contribution in [0.2, 0.25) is 0 Å². The van der Waals surface area contributed by atoms with Crippen LogP contribution in [0.25, 0.3) is 0 Å². The third-order valence-electron chi connectivity index (χ3n) is 2.18. The van der Waals surface area contributed by atoms with Crippen molar-refractivity contribution in [1.29, 1.82) is 5.26 Å². The van der Waals surface area contributed by atoms with Gasteiger partial charge in [0.05, 0.1) is 17.6 Å². The molecule has 64 valence electrons. The van der Waals surface area contributed by atoms with Crippen molar-refractivity contribution in [3.05, 3.63) is 29.3 Å². The molecule has 0 amide bonds. The van der Waals surface area contributed by atoms with Crippen molar-refractivity contribution >= 4 is 5.97 Å². The number of carbonyl (C=O) groups excluding carboxylic acids is 1. The van der Waals surface area contributed by atoms with Gasteiger partial charge in [0.2, 0.25) is 0 Å². The number of nitriles is 1. The molecule has 1 aliphatic heterocycles. The van der Waals surface area contributed by atoms with Crippen LogP contribution >= 0.6 is 0 Å². The number of carbonyl (C=O) groups is 1. The van der Waals surface area contributed by atoms with E-state index in [1.165, 1.54) is 0 Å². The Bertz CT molecular complexity index is 417. The van der Waals surface area contributed by atoms with E-state index in [2.05, 4.69) is 0 Å². The summed E-state index contributed by atoms with van der Waals surface area (Å²) < 4.78 is 4.97. The summed E-state index contributed by atoms with van der Waals surface area (Å²) in [6.45, 7) is 1.75. The first-order valence-corrected chi connectivity index (χ1v) is 3.98. The van der Waals surface area contributed by atoms with Crippen LogP contribution in [0.5, 0.6) is 5.75 Å². The molecule has 1 atom stereocenters. The maximum atomic E-state index is 11.2. The number of hydrogen-bond acceptors (Lipinski definition) is 3. The van der Waals surface area contributed by atoms with E-state index in [4.69, 9.17) is 10.00 Å². The zero-order valence-corrected chi connectivity index (χ0v) is 7.07. The fourth-order valence-corrected chi connectivity index (χ4v) is 1.49. The second-order valence-corrected chi connectivity index (χ2v) is 2.97. The fourth-order valence-electron chi connectivity index (χ4n) is 1.49. The maximum absolute atomic E-state index is 11.2. The minimum Gasteiger partial charge on any atom is -0.426 e. The minimum atomic E-state index is -0.314. The van der Waals surface area contributed by atoms with E-state index in [1.54, 1.807) is 25.1 Å². The molecule has 1 heterocycles. The summed E-state index contributed by atoms with van der Waals surface area (Å²) in [5.74, 6) is -0.0694. The molecule has 0 saturated carbocycles. The van der Waals surface area contributed by atoms with Gasteiger partial charge in [0, 0.05) is 5.56 Å². The molecule has 0 bridgehead atoms. The highest BCUT2D eigenvalue weighted by Crippen LogP contribution is 2.36. The smallest absolute Gasteiger partial charge is 0.318 e. The van der Waals surface area contributed by atoms with E-state index in [0.29, 0.717) is 11.3 Å². The van der Waals surface area contributed by atoms with Crippen LogP contribution in [0.3, 0.4) is 0 Å². The Morgan fingerprint density at radius 2 is 2.31 bits per heavy atom. The molecule has 1 aromatic rings. The molecule has 0 fully saturated rings. The summed E-state index contributed by atoms with van der Waals surface area (Å²) in [4.78, 5) is 11.2. The van der Waals surface area contributed by atoms with Crippen molar-refractivity contribution in [2.24, 2.45) is 0 Å². The molecule has 0 radical (unpaired) electrons. The molecule has 1 unspecified atom stereocenters. The van der Waals surface area contributed by atoms with Crippen LogP contribution in [0.15, 0.2) is 18.2 Å². The Hall–Kier alpha value is -1.82. The topological polar surface area (TPSA) is 50.1 Å². The van der Waals surface area contributed by atoms with Gasteiger partial charge in [-0.15, -0.1) is 0 Å². The lowest BCUT2D eigenvalue weighted by Gasteiger charge is -1.99. The maximum Gasteiger partial charge on any atom is 0.318 e. The van der Waals surface area contributed by atoms with E-state index in [-0.39, 0.29) is 11.9 Å². The number of hydrogen-bond donors (Lipinski definition) is 0. The van der Waals surface area contributed by atoms with Gasteiger partial charge in [-0.1, -0.05) is 6.07 Å². The largest absolute Gasteiger partial charge is 0.426 e. The van der Waals surface area contributed by atoms with Gasteiger partial charge in [-0.3, -0.25) is 4.79 Å². The lowest BCUT2D eigenvalue weighted by atomic mass is 9.98. The van der Waals surface area contributed by atoms with Crippen LogP contribution in [-0.2, 0) is 4.79 Å². The molecule has 13 heavy (non-hydrogen) atoms. The van der Waals surface area contributed by atoms with Gasteiger partial charge < -0.3 is 4.74 Å². The molecule has 2 rings (SSSR count). The van der Waals surface area contributed by atoms with Crippen molar-refractivity contribution in [2.45, 2.75) is 12.8 Å². The third-order valence-corrected chi connectivity index (χ3v) is 2.18. The van der Waals surface area contributed by atoms with E-state index in [0.717, 1.165) is 5.56 Å². The Morgan fingerprint density at radius 3 is 3.00 bits per heavy atom. The number of rotatable bonds is 0. The van der Waals surface area contributed by atoms with Gasteiger partial charge >= 0.3 is 5.97 Å². The molecular weight excluding hydrogens is 166 g/mol. The highest BCUT2D eigenvalue weighted by molar-refractivity contribution is 5.86. The third kappa shape index (κ3) is 0.994. The Kier molecular flexibility index (Phi) is 1.56. The quantitative estimate of drug-likeness (QED) is 0.442. The minimum absolute atomic E-state index is 0.280.